The maximum atomic E-state index is 15.5. The Morgan fingerprint density at radius 3 is 2.24 bits per heavy atom. The van der Waals surface area contributed by atoms with Gasteiger partial charge in [-0.1, -0.05) is 42.1 Å². The van der Waals surface area contributed by atoms with Crippen molar-refractivity contribution >= 4 is 34.6 Å². The van der Waals surface area contributed by atoms with Crippen molar-refractivity contribution < 1.29 is 19.0 Å². The summed E-state index contributed by atoms with van der Waals surface area (Å²) in [6.07, 6.45) is 7.91. The van der Waals surface area contributed by atoms with Crippen molar-refractivity contribution in [2.45, 2.75) is 70.7 Å². The Morgan fingerprint density at radius 1 is 0.891 bits per heavy atom. The van der Waals surface area contributed by atoms with Crippen molar-refractivity contribution in [3.8, 4) is 11.4 Å². The molecular formula is C40H47Cl2FN8O4. The number of hydrogen-bond donors (Lipinski definition) is 1. The van der Waals surface area contributed by atoms with Gasteiger partial charge in [0.05, 0.1) is 36.9 Å². The highest BCUT2D eigenvalue weighted by atomic mass is 35.5. The fourth-order valence-electron chi connectivity index (χ4n) is 7.54. The Morgan fingerprint density at radius 2 is 1.56 bits per heavy atom. The molecule has 0 radical (unpaired) electrons. The second kappa shape index (κ2) is 16.4. The van der Waals surface area contributed by atoms with Crippen LogP contribution in [0.3, 0.4) is 0 Å². The molecule has 15 heteroatoms. The number of rotatable bonds is 14. The SMILES string of the molecule is Cc1nn(CC2CCCC2)c(=O)n1-c1ccc(N2CCN(c3ccc(OC[C@](C)(O)CO[C@](C)(Cn4nccn4)c4ccc(Cl)cc4Cl)cc3F)CC2)cc1. The van der Waals surface area contributed by atoms with Gasteiger partial charge in [-0.15, -0.1) is 0 Å². The molecule has 0 spiro atoms. The van der Waals surface area contributed by atoms with E-state index < -0.39 is 17.0 Å². The third-order valence-corrected chi connectivity index (χ3v) is 11.1. The number of nitrogens with zero attached hydrogens (tertiary/aromatic N) is 8. The quantitative estimate of drug-likeness (QED) is 0.132. The summed E-state index contributed by atoms with van der Waals surface area (Å²) in [5.74, 6) is 1.10. The maximum Gasteiger partial charge on any atom is 0.350 e. The molecule has 2 fully saturated rings. The lowest BCUT2D eigenvalue weighted by molar-refractivity contribution is -0.129. The minimum absolute atomic E-state index is 0.0950. The highest BCUT2D eigenvalue weighted by Gasteiger charge is 2.35. The van der Waals surface area contributed by atoms with Crippen molar-refractivity contribution in [1.82, 2.24) is 29.3 Å². The van der Waals surface area contributed by atoms with Gasteiger partial charge in [-0.3, -0.25) is 0 Å². The van der Waals surface area contributed by atoms with Crippen LogP contribution in [0.1, 0.15) is 50.9 Å². The van der Waals surface area contributed by atoms with Crippen LogP contribution in [0, 0.1) is 18.7 Å². The Hall–Kier alpha value is -4.43. The van der Waals surface area contributed by atoms with Crippen molar-refractivity contribution in [3.05, 3.63) is 111 Å². The van der Waals surface area contributed by atoms with Crippen molar-refractivity contribution in [3.63, 3.8) is 0 Å². The van der Waals surface area contributed by atoms with Gasteiger partial charge in [-0.05, 0) is 88.1 Å². The molecule has 2 aromatic heterocycles. The second-order valence-electron chi connectivity index (χ2n) is 15.1. The van der Waals surface area contributed by atoms with Crippen molar-refractivity contribution in [2.24, 2.45) is 5.92 Å². The standard InChI is InChI=1S/C40H47Cl2FN8O4/c1-28-46-49(24-29-6-4-5-7-29)38(52)51(28)32-11-9-31(10-12-32)47-18-20-48(21-19-47)37-15-13-33(23-36(37)43)54-26-39(2,53)27-55-40(3,25-50-44-16-17-45-50)34-14-8-30(41)22-35(34)42/h8-17,22-23,29,53H,4-7,18-21,24-27H2,1-3H3/t39-,40+/m0/s1. The van der Waals surface area contributed by atoms with Crippen LogP contribution in [0.15, 0.2) is 77.9 Å². The molecule has 1 saturated carbocycles. The number of halogens is 3. The van der Waals surface area contributed by atoms with E-state index in [1.165, 1.54) is 23.7 Å². The molecule has 0 amide bonds. The molecule has 5 aromatic rings. The van der Waals surface area contributed by atoms with Crippen molar-refractivity contribution in [2.75, 3.05) is 49.2 Å². The second-order valence-corrected chi connectivity index (χ2v) is 15.9. The molecule has 55 heavy (non-hydrogen) atoms. The summed E-state index contributed by atoms with van der Waals surface area (Å²) in [4.78, 5) is 19.0. The van der Waals surface area contributed by atoms with Gasteiger partial charge in [0.15, 0.2) is 0 Å². The highest BCUT2D eigenvalue weighted by Crippen LogP contribution is 2.35. The van der Waals surface area contributed by atoms with Gasteiger partial charge in [-0.2, -0.15) is 20.1 Å². The fourth-order valence-corrected chi connectivity index (χ4v) is 8.15. The van der Waals surface area contributed by atoms with E-state index in [2.05, 4.69) is 20.2 Å². The fraction of sp³-hybridized carbons (Fsp3) is 0.450. The first-order valence-corrected chi connectivity index (χ1v) is 19.5. The van der Waals surface area contributed by atoms with E-state index in [0.29, 0.717) is 71.5 Å². The number of piperazine rings is 1. The van der Waals surface area contributed by atoms with E-state index in [1.807, 2.05) is 43.0 Å². The largest absolute Gasteiger partial charge is 0.490 e. The van der Waals surface area contributed by atoms with E-state index in [9.17, 15) is 9.90 Å². The van der Waals surface area contributed by atoms with Crippen LogP contribution in [-0.4, -0.2) is 79.4 Å². The monoisotopic (exact) mass is 792 g/mol. The first-order valence-electron chi connectivity index (χ1n) is 18.7. The van der Waals surface area contributed by atoms with Crippen LogP contribution in [-0.2, 0) is 23.4 Å². The molecule has 0 unspecified atom stereocenters. The zero-order valence-corrected chi connectivity index (χ0v) is 32.9. The van der Waals surface area contributed by atoms with Crippen molar-refractivity contribution in [1.29, 1.82) is 0 Å². The normalized spacial score (nSPS) is 17.4. The summed E-state index contributed by atoms with van der Waals surface area (Å²) in [7, 11) is 0. The van der Waals surface area contributed by atoms with Crippen LogP contribution >= 0.6 is 23.2 Å². The molecule has 2 aliphatic rings. The third-order valence-electron chi connectivity index (χ3n) is 10.6. The van der Waals surface area contributed by atoms with E-state index in [4.69, 9.17) is 32.7 Å². The van der Waals surface area contributed by atoms with E-state index in [-0.39, 0.29) is 25.4 Å². The molecule has 292 valence electrons. The topological polar surface area (TPSA) is 116 Å². The van der Waals surface area contributed by atoms with E-state index in [0.717, 1.165) is 24.2 Å². The van der Waals surface area contributed by atoms with Crippen LogP contribution < -0.4 is 20.2 Å². The van der Waals surface area contributed by atoms with E-state index >= 15 is 4.39 Å². The summed E-state index contributed by atoms with van der Waals surface area (Å²) in [5.41, 5.74) is 0.434. The summed E-state index contributed by atoms with van der Waals surface area (Å²) in [5, 5.41) is 25.1. The molecule has 2 atom stereocenters. The first kappa shape index (κ1) is 38.8. The lowest BCUT2D eigenvalue weighted by Crippen LogP contribution is -2.46. The lowest BCUT2D eigenvalue weighted by Gasteiger charge is -2.37. The number of hydrogen-bond acceptors (Lipinski definition) is 9. The number of aromatic nitrogens is 6. The zero-order chi connectivity index (χ0) is 38.7. The van der Waals surface area contributed by atoms with Crippen LogP contribution in [0.25, 0.3) is 5.69 Å². The van der Waals surface area contributed by atoms with Gasteiger partial charge in [-0.25, -0.2) is 18.4 Å². The molecule has 3 aromatic carbocycles. The van der Waals surface area contributed by atoms with Gasteiger partial charge in [0, 0.05) is 60.1 Å². The Balaban J connectivity index is 0.927. The molecule has 1 saturated heterocycles. The molecule has 1 N–H and O–H groups in total. The lowest BCUT2D eigenvalue weighted by atomic mass is 9.95. The Bertz CT molecular complexity index is 2130. The van der Waals surface area contributed by atoms with Gasteiger partial charge in [0.2, 0.25) is 0 Å². The molecule has 3 heterocycles. The van der Waals surface area contributed by atoms with Gasteiger partial charge < -0.3 is 24.4 Å². The molecule has 0 bridgehead atoms. The van der Waals surface area contributed by atoms with Gasteiger partial charge in [0.25, 0.3) is 0 Å². The van der Waals surface area contributed by atoms with E-state index in [1.54, 1.807) is 58.9 Å². The Labute approximate surface area is 330 Å². The summed E-state index contributed by atoms with van der Waals surface area (Å²) in [6, 6.07) is 17.9. The van der Waals surface area contributed by atoms with Crippen LogP contribution in [0.5, 0.6) is 5.75 Å². The summed E-state index contributed by atoms with van der Waals surface area (Å²) in [6.45, 7) is 8.59. The molecule has 1 aliphatic carbocycles. The number of aliphatic hydroxyl groups is 1. The maximum absolute atomic E-state index is 15.5. The highest BCUT2D eigenvalue weighted by molar-refractivity contribution is 6.35. The first-order chi connectivity index (χ1) is 26.4. The number of aryl methyl sites for hydroxylation is 1. The van der Waals surface area contributed by atoms with Crippen LogP contribution in [0.4, 0.5) is 15.8 Å². The number of benzene rings is 3. The minimum atomic E-state index is -1.44. The molecule has 7 rings (SSSR count). The van der Waals surface area contributed by atoms with Crippen LogP contribution in [0.2, 0.25) is 10.0 Å². The number of anilines is 2. The molecule has 12 nitrogen and oxygen atoms in total. The third kappa shape index (κ3) is 9.01. The molecule has 1 aliphatic heterocycles. The smallest absolute Gasteiger partial charge is 0.350 e. The minimum Gasteiger partial charge on any atom is -0.490 e. The zero-order valence-electron chi connectivity index (χ0n) is 31.4. The predicted octanol–water partition coefficient (Wildman–Crippen LogP) is 6.66. The average molecular weight is 794 g/mol. The van der Waals surface area contributed by atoms with Gasteiger partial charge in [0.1, 0.15) is 35.2 Å². The average Bonchev–Trinajstić information content (AvgIpc) is 3.93. The summed E-state index contributed by atoms with van der Waals surface area (Å²) < 4.78 is 31.0. The summed E-state index contributed by atoms with van der Waals surface area (Å²) >= 11 is 12.7. The Kier molecular flexibility index (Phi) is 11.5. The predicted molar refractivity (Wildman–Crippen MR) is 211 cm³/mol. The number of ether oxygens (including phenoxy) is 2. The molecular weight excluding hydrogens is 746 g/mol. The van der Waals surface area contributed by atoms with Gasteiger partial charge >= 0.3 is 5.69 Å².